The minimum atomic E-state index is -4.31. The summed E-state index contributed by atoms with van der Waals surface area (Å²) < 4.78 is 46.0. The highest BCUT2D eigenvalue weighted by atomic mass is 19.4. The highest BCUT2D eigenvalue weighted by molar-refractivity contribution is 5.97. The molecule has 0 radical (unpaired) electrons. The fourth-order valence-electron chi connectivity index (χ4n) is 4.24. The van der Waals surface area contributed by atoms with Gasteiger partial charge < -0.3 is 9.64 Å². The number of nitrogens with zero attached hydrogens (tertiary/aromatic N) is 5. The van der Waals surface area contributed by atoms with E-state index < -0.39 is 24.1 Å². The molecule has 2 fully saturated rings. The number of alkyl halides is 3. The first-order chi connectivity index (χ1) is 15.8. The third-order valence-corrected chi connectivity index (χ3v) is 5.99. The topological polar surface area (TPSA) is 80.6 Å². The zero-order valence-corrected chi connectivity index (χ0v) is 17.5. The Bertz CT molecular complexity index is 1210. The second-order valence-electron chi connectivity index (χ2n) is 8.10. The molecule has 5 rings (SSSR count). The normalized spacial score (nSPS) is 19.2. The fraction of sp³-hybridized carbons (Fsp3) is 0.364. The molecule has 0 saturated carbocycles. The Kier molecular flexibility index (Phi) is 5.18. The first-order valence-electron chi connectivity index (χ1n) is 10.5. The number of halogens is 3. The molecular formula is C22H20F3N5O3. The first-order valence-corrected chi connectivity index (χ1v) is 10.5. The van der Waals surface area contributed by atoms with Crippen LogP contribution in [-0.4, -0.2) is 63.9 Å². The molecule has 5 heterocycles. The standard InChI is InChI=1S/C22H20F3N5O3/c23-22(24,25)16-2-1-6-28(13-16)20(31)15-10-14-5-7-29(19(14)27-11-15)17-3-4-18(26-12-17)30-8-9-33-21(30)32/h3-5,7,10-12,16H,1-2,6,8-9,13H2. The van der Waals surface area contributed by atoms with Crippen LogP contribution in [0.1, 0.15) is 23.2 Å². The van der Waals surface area contributed by atoms with E-state index in [0.29, 0.717) is 48.7 Å². The number of pyridine rings is 2. The zero-order valence-electron chi connectivity index (χ0n) is 17.5. The van der Waals surface area contributed by atoms with Crippen LogP contribution in [-0.2, 0) is 4.74 Å². The van der Waals surface area contributed by atoms with Crippen molar-refractivity contribution in [2.75, 3.05) is 31.1 Å². The largest absolute Gasteiger partial charge is 0.447 e. The number of anilines is 1. The van der Waals surface area contributed by atoms with Crippen molar-refractivity contribution in [2.24, 2.45) is 5.92 Å². The molecule has 0 bridgehead atoms. The Morgan fingerprint density at radius 3 is 2.67 bits per heavy atom. The van der Waals surface area contributed by atoms with Gasteiger partial charge in [-0.3, -0.25) is 14.3 Å². The lowest BCUT2D eigenvalue weighted by molar-refractivity contribution is -0.184. The number of rotatable bonds is 3. The number of carbonyl (C=O) groups excluding carboxylic acids is 2. The summed E-state index contributed by atoms with van der Waals surface area (Å²) in [6.07, 6.45) is 0.381. The van der Waals surface area contributed by atoms with Crippen molar-refractivity contribution < 1.29 is 27.5 Å². The molecule has 1 atom stereocenters. The van der Waals surface area contributed by atoms with Crippen LogP contribution in [0.2, 0.25) is 0 Å². The van der Waals surface area contributed by atoms with Crippen molar-refractivity contribution in [3.05, 3.63) is 48.4 Å². The summed E-state index contributed by atoms with van der Waals surface area (Å²) in [5.74, 6) is -1.46. The van der Waals surface area contributed by atoms with E-state index in [4.69, 9.17) is 4.74 Å². The van der Waals surface area contributed by atoms with Crippen LogP contribution < -0.4 is 4.90 Å². The average molecular weight is 459 g/mol. The van der Waals surface area contributed by atoms with Crippen molar-refractivity contribution in [1.29, 1.82) is 0 Å². The number of fused-ring (bicyclic) bond motifs is 1. The van der Waals surface area contributed by atoms with E-state index in [-0.39, 0.29) is 18.5 Å². The average Bonchev–Trinajstić information content (AvgIpc) is 3.44. The SMILES string of the molecule is O=C(c1cnc2c(ccn2-c2ccc(N3CCOC3=O)nc2)c1)N1CCCC(C(F)(F)F)C1. The van der Waals surface area contributed by atoms with Gasteiger partial charge in [0.25, 0.3) is 5.91 Å². The van der Waals surface area contributed by atoms with Gasteiger partial charge in [-0.1, -0.05) is 0 Å². The van der Waals surface area contributed by atoms with E-state index in [9.17, 15) is 22.8 Å². The van der Waals surface area contributed by atoms with Gasteiger partial charge in [-0.15, -0.1) is 0 Å². The second kappa shape index (κ2) is 8.05. The molecule has 2 aliphatic rings. The van der Waals surface area contributed by atoms with Crippen molar-refractivity contribution in [1.82, 2.24) is 19.4 Å². The Balaban J connectivity index is 1.37. The summed E-state index contributed by atoms with van der Waals surface area (Å²) in [5, 5.41) is 0.678. The van der Waals surface area contributed by atoms with E-state index in [1.165, 1.54) is 16.0 Å². The van der Waals surface area contributed by atoms with Crippen LogP contribution in [0.4, 0.5) is 23.8 Å². The molecular weight excluding hydrogens is 439 g/mol. The molecule has 2 saturated heterocycles. The Morgan fingerprint density at radius 1 is 1.12 bits per heavy atom. The minimum Gasteiger partial charge on any atom is -0.447 e. The quantitative estimate of drug-likeness (QED) is 0.596. The molecule has 11 heteroatoms. The molecule has 8 nitrogen and oxygen atoms in total. The van der Waals surface area contributed by atoms with Crippen molar-refractivity contribution >= 4 is 28.9 Å². The maximum atomic E-state index is 13.1. The number of hydrogen-bond donors (Lipinski definition) is 0. The maximum Gasteiger partial charge on any atom is 0.415 e. The highest BCUT2D eigenvalue weighted by Gasteiger charge is 2.42. The molecule has 172 valence electrons. The number of cyclic esters (lactones) is 1. The van der Waals surface area contributed by atoms with Crippen molar-refractivity contribution in [3.63, 3.8) is 0 Å². The van der Waals surface area contributed by atoms with Gasteiger partial charge >= 0.3 is 12.3 Å². The van der Waals surface area contributed by atoms with Gasteiger partial charge in [-0.05, 0) is 37.1 Å². The van der Waals surface area contributed by atoms with Crippen LogP contribution in [0, 0.1) is 5.92 Å². The summed E-state index contributed by atoms with van der Waals surface area (Å²) in [5.41, 5.74) is 1.54. The molecule has 2 aliphatic heterocycles. The number of amides is 2. The van der Waals surface area contributed by atoms with Crippen LogP contribution in [0.15, 0.2) is 42.9 Å². The minimum absolute atomic E-state index is 0.0409. The Morgan fingerprint density at radius 2 is 1.97 bits per heavy atom. The molecule has 1 unspecified atom stereocenters. The lowest BCUT2D eigenvalue weighted by atomic mass is 9.97. The van der Waals surface area contributed by atoms with Gasteiger partial charge in [0.2, 0.25) is 0 Å². The molecule has 3 aromatic rings. The number of hydrogen-bond acceptors (Lipinski definition) is 5. The Hall–Kier alpha value is -3.63. The van der Waals surface area contributed by atoms with Gasteiger partial charge in [-0.2, -0.15) is 13.2 Å². The van der Waals surface area contributed by atoms with E-state index in [0.717, 1.165) is 0 Å². The second-order valence-corrected chi connectivity index (χ2v) is 8.10. The summed E-state index contributed by atoms with van der Waals surface area (Å²) >= 11 is 0. The van der Waals surface area contributed by atoms with Crippen LogP contribution in [0.5, 0.6) is 0 Å². The first kappa shape index (κ1) is 21.2. The molecule has 0 N–H and O–H groups in total. The monoisotopic (exact) mass is 459 g/mol. The van der Waals surface area contributed by atoms with E-state index in [1.807, 2.05) is 0 Å². The van der Waals surface area contributed by atoms with Crippen molar-refractivity contribution in [2.45, 2.75) is 19.0 Å². The lowest BCUT2D eigenvalue weighted by Gasteiger charge is -2.33. The number of ether oxygens (including phenoxy) is 1. The zero-order chi connectivity index (χ0) is 23.2. The molecule has 0 spiro atoms. The third-order valence-electron chi connectivity index (χ3n) is 5.99. The lowest BCUT2D eigenvalue weighted by Crippen LogP contribution is -2.44. The van der Waals surface area contributed by atoms with Gasteiger partial charge in [0.15, 0.2) is 0 Å². The van der Waals surface area contributed by atoms with Gasteiger partial charge in [0.1, 0.15) is 18.1 Å². The molecule has 0 aliphatic carbocycles. The third kappa shape index (κ3) is 3.98. The fourth-order valence-corrected chi connectivity index (χ4v) is 4.24. The van der Waals surface area contributed by atoms with E-state index >= 15 is 0 Å². The summed E-state index contributed by atoms with van der Waals surface area (Å²) in [6.45, 7) is 0.734. The number of carbonyl (C=O) groups is 2. The van der Waals surface area contributed by atoms with Gasteiger partial charge in [0.05, 0.1) is 29.9 Å². The summed E-state index contributed by atoms with van der Waals surface area (Å²) in [6, 6.07) is 6.91. The number of aromatic nitrogens is 3. The maximum absolute atomic E-state index is 13.1. The van der Waals surface area contributed by atoms with Crippen LogP contribution >= 0.6 is 0 Å². The predicted molar refractivity (Wildman–Crippen MR) is 112 cm³/mol. The summed E-state index contributed by atoms with van der Waals surface area (Å²) in [4.78, 5) is 36.0. The molecule has 0 aromatic carbocycles. The predicted octanol–water partition coefficient (Wildman–Crippen LogP) is 3.79. The van der Waals surface area contributed by atoms with Crippen molar-refractivity contribution in [3.8, 4) is 5.69 Å². The number of likely N-dealkylation sites (tertiary alicyclic amines) is 1. The highest BCUT2D eigenvalue weighted by Crippen LogP contribution is 2.33. The van der Waals surface area contributed by atoms with Gasteiger partial charge in [-0.25, -0.2) is 14.8 Å². The smallest absolute Gasteiger partial charge is 0.415 e. The Labute approximate surface area is 186 Å². The van der Waals surface area contributed by atoms with Gasteiger partial charge in [0, 0.05) is 30.9 Å². The molecule has 2 amide bonds. The molecule has 33 heavy (non-hydrogen) atoms. The summed E-state index contributed by atoms with van der Waals surface area (Å²) in [7, 11) is 0. The van der Waals surface area contributed by atoms with E-state index in [1.54, 1.807) is 41.2 Å². The van der Waals surface area contributed by atoms with E-state index in [2.05, 4.69) is 9.97 Å². The molecule has 3 aromatic heterocycles. The van der Waals surface area contributed by atoms with Crippen LogP contribution in [0.3, 0.4) is 0 Å². The number of piperidine rings is 1. The van der Waals surface area contributed by atoms with Crippen LogP contribution in [0.25, 0.3) is 16.7 Å².